The highest BCUT2D eigenvalue weighted by Crippen LogP contribution is 2.52. The van der Waals surface area contributed by atoms with Gasteiger partial charge in [-0.1, -0.05) is 34.6 Å². The van der Waals surface area contributed by atoms with Gasteiger partial charge in [0.1, 0.15) is 0 Å². The summed E-state index contributed by atoms with van der Waals surface area (Å²) in [7, 11) is 0. The van der Waals surface area contributed by atoms with Gasteiger partial charge in [0.15, 0.2) is 0 Å². The van der Waals surface area contributed by atoms with Gasteiger partial charge in [-0.3, -0.25) is 24.9 Å². The van der Waals surface area contributed by atoms with Crippen LogP contribution in [-0.2, 0) is 14.4 Å². The van der Waals surface area contributed by atoms with Crippen LogP contribution in [0.4, 0.5) is 0 Å². The van der Waals surface area contributed by atoms with Crippen molar-refractivity contribution in [3.05, 3.63) is 0 Å². The molecule has 0 aromatic rings. The molecule has 0 aromatic heterocycles. The molecule has 1 saturated heterocycles. The van der Waals surface area contributed by atoms with Crippen molar-refractivity contribution in [2.75, 3.05) is 19.6 Å². The Bertz CT molecular complexity index is 607. The van der Waals surface area contributed by atoms with Crippen LogP contribution in [0, 0.1) is 16.7 Å². The second kappa shape index (κ2) is 8.78. The number of hydrogen-bond acceptors (Lipinski definition) is 5. The maximum Gasteiger partial charge on any atom is 0.257 e. The lowest BCUT2D eigenvalue weighted by atomic mass is 9.65. The maximum atomic E-state index is 12.8. The summed E-state index contributed by atoms with van der Waals surface area (Å²) in [6.45, 7) is 11.3. The summed E-state index contributed by atoms with van der Waals surface area (Å²) in [5, 5.41) is 14.2. The highest BCUT2D eigenvalue weighted by atomic mass is 16.5. The number of carbonyl (C=O) groups is 3. The molecule has 28 heavy (non-hydrogen) atoms. The van der Waals surface area contributed by atoms with E-state index in [1.165, 1.54) is 5.48 Å². The van der Waals surface area contributed by atoms with E-state index in [9.17, 15) is 14.4 Å². The van der Waals surface area contributed by atoms with E-state index in [1.807, 2.05) is 18.7 Å². The Morgan fingerprint density at radius 3 is 2.43 bits per heavy atom. The van der Waals surface area contributed by atoms with E-state index in [2.05, 4.69) is 31.4 Å². The van der Waals surface area contributed by atoms with Crippen molar-refractivity contribution in [3.63, 3.8) is 0 Å². The highest BCUT2D eigenvalue weighted by Gasteiger charge is 2.50. The largest absolute Gasteiger partial charge is 0.346 e. The molecule has 2 aliphatic rings. The molecule has 8 nitrogen and oxygen atoms in total. The van der Waals surface area contributed by atoms with Gasteiger partial charge in [-0.15, -0.1) is 0 Å². The number of amides is 3. The Labute approximate surface area is 167 Å². The molecule has 3 unspecified atom stereocenters. The van der Waals surface area contributed by atoms with Crippen LogP contribution in [0.3, 0.4) is 0 Å². The van der Waals surface area contributed by atoms with Crippen molar-refractivity contribution in [1.29, 1.82) is 0 Å². The van der Waals surface area contributed by atoms with E-state index in [0.717, 1.165) is 25.8 Å². The Hall–Kier alpha value is -1.67. The molecule has 1 aliphatic heterocycles. The Kier molecular flexibility index (Phi) is 7.09. The molecule has 2 fully saturated rings. The molecule has 3 atom stereocenters. The summed E-state index contributed by atoms with van der Waals surface area (Å²) in [5.41, 5.74) is 1.93. The first-order valence-corrected chi connectivity index (χ1v) is 10.2. The number of hydroxylamine groups is 1. The first-order valence-electron chi connectivity index (χ1n) is 10.2. The number of likely N-dealkylation sites (tertiary alicyclic amines) is 1. The van der Waals surface area contributed by atoms with Gasteiger partial charge in [-0.2, -0.15) is 0 Å². The fraction of sp³-hybridized carbons (Fsp3) is 0.850. The molecule has 3 amide bonds. The molecule has 2 bridgehead atoms. The van der Waals surface area contributed by atoms with Gasteiger partial charge in [0.25, 0.3) is 5.91 Å². The minimum atomic E-state index is -0.613. The zero-order chi connectivity index (χ0) is 21.1. The van der Waals surface area contributed by atoms with E-state index in [4.69, 9.17) is 5.21 Å². The fourth-order valence-electron chi connectivity index (χ4n) is 5.15. The topological polar surface area (TPSA) is 111 Å². The highest BCUT2D eigenvalue weighted by molar-refractivity contribution is 5.88. The molecule has 8 heteroatoms. The van der Waals surface area contributed by atoms with E-state index in [1.54, 1.807) is 0 Å². The number of carbonyl (C=O) groups excluding carboxylic acids is 3. The molecule has 1 aliphatic carbocycles. The second-order valence-electron chi connectivity index (χ2n) is 10.1. The van der Waals surface area contributed by atoms with E-state index in [0.29, 0.717) is 6.42 Å². The van der Waals surface area contributed by atoms with Crippen molar-refractivity contribution < 1.29 is 19.6 Å². The third-order valence-corrected chi connectivity index (χ3v) is 5.81. The fourth-order valence-corrected chi connectivity index (χ4v) is 5.15. The van der Waals surface area contributed by atoms with Crippen LogP contribution in [0.5, 0.6) is 0 Å². The lowest BCUT2D eigenvalue weighted by Crippen LogP contribution is -2.50. The first-order chi connectivity index (χ1) is 12.9. The Balaban J connectivity index is 1.91. The number of nitrogens with zero attached hydrogens (tertiary/aromatic N) is 1. The zero-order valence-corrected chi connectivity index (χ0v) is 17.8. The SMILES string of the molecule is CC(C)CC(NCC(=O)NO)C(=O)NCC(=O)N1CC2(C)CC1CC(C)(C)C2. The molecular formula is C20H36N4O4. The van der Waals surface area contributed by atoms with Crippen LogP contribution in [0.1, 0.15) is 60.3 Å². The van der Waals surface area contributed by atoms with Crippen LogP contribution in [0.15, 0.2) is 0 Å². The molecule has 0 radical (unpaired) electrons. The van der Waals surface area contributed by atoms with Gasteiger partial charge in [0.05, 0.1) is 19.1 Å². The standard InChI is InChI=1S/C20H36N4O4/c1-13(2)6-15(21-9-16(25)23-28)18(27)22-10-17(26)24-12-20(5)8-14(24)7-19(3,4)11-20/h13-15,21,28H,6-12H2,1-5H3,(H,22,27)(H,23,25). The average molecular weight is 397 g/mol. The van der Waals surface area contributed by atoms with Crippen molar-refractivity contribution in [3.8, 4) is 0 Å². The van der Waals surface area contributed by atoms with Crippen molar-refractivity contribution in [2.24, 2.45) is 16.7 Å². The summed E-state index contributed by atoms with van der Waals surface area (Å²) in [6.07, 6.45) is 3.66. The van der Waals surface area contributed by atoms with Gasteiger partial charge < -0.3 is 10.2 Å². The van der Waals surface area contributed by atoms with Crippen LogP contribution in [0.25, 0.3) is 0 Å². The Morgan fingerprint density at radius 2 is 1.82 bits per heavy atom. The van der Waals surface area contributed by atoms with E-state index in [-0.39, 0.29) is 47.7 Å². The lowest BCUT2D eigenvalue weighted by Gasteiger charge is -2.39. The van der Waals surface area contributed by atoms with Crippen LogP contribution in [-0.4, -0.2) is 59.5 Å². The summed E-state index contributed by atoms with van der Waals surface area (Å²) < 4.78 is 0. The van der Waals surface area contributed by atoms with Gasteiger partial charge in [-0.05, 0) is 42.4 Å². The molecule has 1 saturated carbocycles. The molecule has 0 aromatic carbocycles. The Morgan fingerprint density at radius 1 is 1.14 bits per heavy atom. The molecule has 4 N–H and O–H groups in total. The minimum Gasteiger partial charge on any atom is -0.346 e. The predicted molar refractivity (Wildman–Crippen MR) is 105 cm³/mol. The van der Waals surface area contributed by atoms with Gasteiger partial charge in [-0.25, -0.2) is 5.48 Å². The smallest absolute Gasteiger partial charge is 0.257 e. The third kappa shape index (κ3) is 5.91. The van der Waals surface area contributed by atoms with Gasteiger partial charge in [0, 0.05) is 12.6 Å². The molecule has 0 spiro atoms. The van der Waals surface area contributed by atoms with Crippen LogP contribution >= 0.6 is 0 Å². The van der Waals surface area contributed by atoms with Crippen molar-refractivity contribution in [1.82, 2.24) is 21.0 Å². The van der Waals surface area contributed by atoms with Crippen molar-refractivity contribution >= 4 is 17.7 Å². The predicted octanol–water partition coefficient (Wildman–Crippen LogP) is 1.04. The number of rotatable bonds is 8. The van der Waals surface area contributed by atoms with Crippen molar-refractivity contribution in [2.45, 2.75) is 72.4 Å². The monoisotopic (exact) mass is 396 g/mol. The minimum absolute atomic E-state index is 0.0334. The first kappa shape index (κ1) is 22.6. The summed E-state index contributed by atoms with van der Waals surface area (Å²) >= 11 is 0. The maximum absolute atomic E-state index is 12.8. The number of nitrogens with one attached hydrogen (secondary N) is 3. The number of fused-ring (bicyclic) bond motifs is 2. The quantitative estimate of drug-likeness (QED) is 0.362. The summed E-state index contributed by atoms with van der Waals surface area (Å²) in [4.78, 5) is 38.5. The summed E-state index contributed by atoms with van der Waals surface area (Å²) in [6, 6.07) is -0.352. The molecule has 160 valence electrons. The number of hydrogen-bond donors (Lipinski definition) is 4. The van der Waals surface area contributed by atoms with Crippen LogP contribution < -0.4 is 16.1 Å². The van der Waals surface area contributed by atoms with E-state index < -0.39 is 11.9 Å². The van der Waals surface area contributed by atoms with Gasteiger partial charge in [0.2, 0.25) is 11.8 Å². The zero-order valence-electron chi connectivity index (χ0n) is 17.8. The average Bonchev–Trinajstić information content (AvgIpc) is 2.84. The second-order valence-corrected chi connectivity index (χ2v) is 10.1. The third-order valence-electron chi connectivity index (χ3n) is 5.81. The molecule has 2 rings (SSSR count). The molecule has 1 heterocycles. The summed E-state index contributed by atoms with van der Waals surface area (Å²) in [5.74, 6) is -0.730. The lowest BCUT2D eigenvalue weighted by molar-refractivity contribution is -0.134. The normalized spacial score (nSPS) is 26.8. The van der Waals surface area contributed by atoms with Gasteiger partial charge >= 0.3 is 0 Å². The van der Waals surface area contributed by atoms with E-state index >= 15 is 0 Å². The van der Waals surface area contributed by atoms with Crippen LogP contribution in [0.2, 0.25) is 0 Å². The molecular weight excluding hydrogens is 360 g/mol.